The van der Waals surface area contributed by atoms with Crippen LogP contribution in [0.15, 0.2) is 48.5 Å². The van der Waals surface area contributed by atoms with Gasteiger partial charge in [-0.25, -0.2) is 4.39 Å². The number of rotatable bonds is 4. The minimum absolute atomic E-state index is 0.00692. The van der Waals surface area contributed by atoms with Gasteiger partial charge in [0.05, 0.1) is 6.04 Å². The Kier molecular flexibility index (Phi) is 4.07. The molecule has 2 rings (SSSR count). The van der Waals surface area contributed by atoms with Crippen LogP contribution < -0.4 is 11.1 Å². The van der Waals surface area contributed by atoms with Crippen LogP contribution >= 0.6 is 0 Å². The van der Waals surface area contributed by atoms with E-state index in [1.807, 2.05) is 37.4 Å². The van der Waals surface area contributed by atoms with Crippen molar-refractivity contribution in [2.75, 3.05) is 7.05 Å². The van der Waals surface area contributed by atoms with Crippen LogP contribution in [0.1, 0.15) is 22.7 Å². The molecule has 0 spiro atoms. The van der Waals surface area contributed by atoms with Crippen molar-refractivity contribution in [2.24, 2.45) is 5.73 Å². The van der Waals surface area contributed by atoms with E-state index < -0.39 is 0 Å². The van der Waals surface area contributed by atoms with Crippen LogP contribution in [0.4, 0.5) is 4.39 Å². The lowest BCUT2D eigenvalue weighted by Gasteiger charge is -2.17. The molecule has 0 aromatic heterocycles. The van der Waals surface area contributed by atoms with Gasteiger partial charge in [0.1, 0.15) is 5.82 Å². The quantitative estimate of drug-likeness (QED) is 0.867. The van der Waals surface area contributed by atoms with E-state index in [0.717, 1.165) is 16.7 Å². The third-order valence-electron chi connectivity index (χ3n) is 3.02. The van der Waals surface area contributed by atoms with Crippen molar-refractivity contribution in [3.05, 3.63) is 71.0 Å². The summed E-state index contributed by atoms with van der Waals surface area (Å²) in [5, 5.41) is 3.20. The summed E-state index contributed by atoms with van der Waals surface area (Å²) in [4.78, 5) is 0. The molecule has 0 aliphatic carbocycles. The van der Waals surface area contributed by atoms with E-state index >= 15 is 0 Å². The molecule has 0 heterocycles. The van der Waals surface area contributed by atoms with Crippen LogP contribution in [0.5, 0.6) is 0 Å². The smallest absolute Gasteiger partial charge is 0.123 e. The van der Waals surface area contributed by atoms with Crippen LogP contribution in [-0.2, 0) is 6.54 Å². The van der Waals surface area contributed by atoms with E-state index in [2.05, 4.69) is 5.32 Å². The highest BCUT2D eigenvalue weighted by Crippen LogP contribution is 2.22. The molecule has 1 atom stereocenters. The van der Waals surface area contributed by atoms with Gasteiger partial charge in [0.15, 0.2) is 0 Å². The molecule has 0 aliphatic rings. The van der Waals surface area contributed by atoms with Crippen molar-refractivity contribution in [2.45, 2.75) is 12.6 Å². The molecule has 18 heavy (non-hydrogen) atoms. The molecule has 0 saturated carbocycles. The van der Waals surface area contributed by atoms with Gasteiger partial charge in [-0.05, 0) is 35.9 Å². The van der Waals surface area contributed by atoms with Gasteiger partial charge in [-0.3, -0.25) is 0 Å². The first-order chi connectivity index (χ1) is 8.74. The zero-order valence-corrected chi connectivity index (χ0v) is 10.4. The Bertz CT molecular complexity index is 508. The number of nitrogens with two attached hydrogens (primary N) is 1. The highest BCUT2D eigenvalue weighted by atomic mass is 19.1. The Morgan fingerprint density at radius 3 is 2.39 bits per heavy atom. The minimum Gasteiger partial charge on any atom is -0.326 e. The maximum atomic E-state index is 13.3. The average Bonchev–Trinajstić information content (AvgIpc) is 2.40. The first-order valence-corrected chi connectivity index (χ1v) is 5.96. The Labute approximate surface area is 107 Å². The SMILES string of the molecule is CNC(c1ccc(CN)cc1)c1cccc(F)c1. The Hall–Kier alpha value is -1.71. The Balaban J connectivity index is 2.32. The van der Waals surface area contributed by atoms with Gasteiger partial charge in [-0.1, -0.05) is 36.4 Å². The molecule has 2 aromatic carbocycles. The second kappa shape index (κ2) is 5.76. The van der Waals surface area contributed by atoms with Crippen LogP contribution in [-0.4, -0.2) is 7.05 Å². The van der Waals surface area contributed by atoms with Gasteiger partial charge < -0.3 is 11.1 Å². The molecule has 1 unspecified atom stereocenters. The normalized spacial score (nSPS) is 12.4. The first kappa shape index (κ1) is 12.7. The summed E-state index contributed by atoms with van der Waals surface area (Å²) < 4.78 is 13.3. The van der Waals surface area contributed by atoms with Crippen LogP contribution in [0.3, 0.4) is 0 Å². The molecule has 2 aromatic rings. The fraction of sp³-hybridized carbons (Fsp3) is 0.200. The molecule has 2 nitrogen and oxygen atoms in total. The molecular weight excluding hydrogens is 227 g/mol. The van der Waals surface area contributed by atoms with Crippen molar-refractivity contribution in [3.63, 3.8) is 0 Å². The average molecular weight is 244 g/mol. The maximum absolute atomic E-state index is 13.3. The van der Waals surface area contributed by atoms with E-state index in [1.54, 1.807) is 12.1 Å². The number of halogens is 1. The monoisotopic (exact) mass is 244 g/mol. The molecule has 0 saturated heterocycles. The van der Waals surface area contributed by atoms with Gasteiger partial charge in [-0.2, -0.15) is 0 Å². The van der Waals surface area contributed by atoms with E-state index in [4.69, 9.17) is 5.73 Å². The van der Waals surface area contributed by atoms with Crippen molar-refractivity contribution >= 4 is 0 Å². The van der Waals surface area contributed by atoms with Crippen molar-refractivity contribution in [3.8, 4) is 0 Å². The number of nitrogens with one attached hydrogen (secondary N) is 1. The summed E-state index contributed by atoms with van der Waals surface area (Å²) in [6.45, 7) is 0.532. The van der Waals surface area contributed by atoms with Crippen LogP contribution in [0.25, 0.3) is 0 Å². The lowest BCUT2D eigenvalue weighted by Crippen LogP contribution is -2.17. The molecule has 0 aliphatic heterocycles. The maximum Gasteiger partial charge on any atom is 0.123 e. The molecule has 0 fully saturated rings. The summed E-state index contributed by atoms with van der Waals surface area (Å²) in [5.74, 6) is -0.216. The zero-order chi connectivity index (χ0) is 13.0. The third kappa shape index (κ3) is 2.75. The van der Waals surface area contributed by atoms with Crippen molar-refractivity contribution in [1.29, 1.82) is 0 Å². The Morgan fingerprint density at radius 2 is 1.83 bits per heavy atom. The summed E-state index contributed by atoms with van der Waals surface area (Å²) in [6, 6.07) is 14.7. The molecule has 3 N–H and O–H groups in total. The van der Waals surface area contributed by atoms with Gasteiger partial charge in [0.2, 0.25) is 0 Å². The standard InChI is InChI=1S/C15H17FN2/c1-18-15(13-3-2-4-14(16)9-13)12-7-5-11(10-17)6-8-12/h2-9,15,18H,10,17H2,1H3. The van der Waals surface area contributed by atoms with E-state index in [9.17, 15) is 4.39 Å². The summed E-state index contributed by atoms with van der Waals surface area (Å²) in [5.41, 5.74) is 8.68. The van der Waals surface area contributed by atoms with Crippen LogP contribution in [0.2, 0.25) is 0 Å². The molecule has 0 bridgehead atoms. The van der Waals surface area contributed by atoms with Crippen molar-refractivity contribution < 1.29 is 4.39 Å². The topological polar surface area (TPSA) is 38.0 Å². The molecular formula is C15H17FN2. The second-order valence-electron chi connectivity index (χ2n) is 4.22. The molecule has 0 amide bonds. The summed E-state index contributed by atoms with van der Waals surface area (Å²) >= 11 is 0. The summed E-state index contributed by atoms with van der Waals surface area (Å²) in [7, 11) is 1.87. The van der Waals surface area contributed by atoms with Gasteiger partial charge in [0.25, 0.3) is 0 Å². The molecule has 0 radical (unpaired) electrons. The van der Waals surface area contributed by atoms with E-state index in [-0.39, 0.29) is 11.9 Å². The van der Waals surface area contributed by atoms with E-state index in [0.29, 0.717) is 6.54 Å². The number of benzene rings is 2. The first-order valence-electron chi connectivity index (χ1n) is 5.96. The van der Waals surface area contributed by atoms with Gasteiger partial charge >= 0.3 is 0 Å². The highest BCUT2D eigenvalue weighted by Gasteiger charge is 2.12. The van der Waals surface area contributed by atoms with Gasteiger partial charge in [0, 0.05) is 6.54 Å². The summed E-state index contributed by atoms with van der Waals surface area (Å²) in [6.07, 6.45) is 0. The number of hydrogen-bond acceptors (Lipinski definition) is 2. The van der Waals surface area contributed by atoms with Crippen LogP contribution in [0, 0.1) is 5.82 Å². The zero-order valence-electron chi connectivity index (χ0n) is 10.4. The fourth-order valence-corrected chi connectivity index (χ4v) is 2.06. The Morgan fingerprint density at radius 1 is 1.11 bits per heavy atom. The van der Waals surface area contributed by atoms with Crippen molar-refractivity contribution in [1.82, 2.24) is 5.32 Å². The largest absolute Gasteiger partial charge is 0.326 e. The molecule has 94 valence electrons. The molecule has 3 heteroatoms. The third-order valence-corrected chi connectivity index (χ3v) is 3.02. The predicted molar refractivity (Wildman–Crippen MR) is 71.6 cm³/mol. The fourth-order valence-electron chi connectivity index (χ4n) is 2.06. The van der Waals surface area contributed by atoms with Gasteiger partial charge in [-0.15, -0.1) is 0 Å². The predicted octanol–water partition coefficient (Wildman–Crippen LogP) is 2.59. The lowest BCUT2D eigenvalue weighted by molar-refractivity contribution is 0.616. The number of hydrogen-bond donors (Lipinski definition) is 2. The lowest BCUT2D eigenvalue weighted by atomic mass is 9.98. The minimum atomic E-state index is -0.216. The highest BCUT2D eigenvalue weighted by molar-refractivity contribution is 5.33. The van der Waals surface area contributed by atoms with E-state index in [1.165, 1.54) is 6.07 Å². The second-order valence-corrected chi connectivity index (χ2v) is 4.22.